The van der Waals surface area contributed by atoms with Gasteiger partial charge in [0.1, 0.15) is 6.54 Å². The molecule has 0 aliphatic carbocycles. The van der Waals surface area contributed by atoms with Gasteiger partial charge in [-0.1, -0.05) is 6.07 Å². The van der Waals surface area contributed by atoms with E-state index >= 15 is 0 Å². The average molecular weight is 322 g/mol. The van der Waals surface area contributed by atoms with Crippen molar-refractivity contribution < 1.29 is 9.59 Å². The standard InChI is InChI=1S/C15H22N4O2S/c1-2-19-14(20)11-18(15(19)21)12-17-7-5-16(6-8-17)10-13-4-3-9-22-13/h3-4,9H,2,5-8,10-12H2,1H3. The minimum absolute atomic E-state index is 0.0798. The Bertz CT molecular complexity index is 526. The lowest BCUT2D eigenvalue weighted by Gasteiger charge is -2.36. The van der Waals surface area contributed by atoms with E-state index in [1.807, 2.05) is 6.92 Å². The number of likely N-dealkylation sites (N-methyl/N-ethyl adjacent to an activating group) is 1. The molecule has 0 bridgehead atoms. The fourth-order valence-corrected chi connectivity index (χ4v) is 3.72. The molecule has 22 heavy (non-hydrogen) atoms. The molecule has 0 radical (unpaired) electrons. The summed E-state index contributed by atoms with van der Waals surface area (Å²) in [7, 11) is 0. The molecule has 3 amide bonds. The van der Waals surface area contributed by atoms with Crippen molar-refractivity contribution in [1.82, 2.24) is 19.6 Å². The highest BCUT2D eigenvalue weighted by molar-refractivity contribution is 7.09. The Kier molecular flexibility index (Phi) is 4.75. The summed E-state index contributed by atoms with van der Waals surface area (Å²) in [5.41, 5.74) is 0. The molecular weight excluding hydrogens is 300 g/mol. The number of urea groups is 1. The number of piperazine rings is 1. The zero-order chi connectivity index (χ0) is 15.5. The molecule has 2 aliphatic heterocycles. The van der Waals surface area contributed by atoms with Crippen molar-refractivity contribution in [2.24, 2.45) is 0 Å². The molecule has 0 atom stereocenters. The Morgan fingerprint density at radius 1 is 1.14 bits per heavy atom. The number of rotatable bonds is 5. The van der Waals surface area contributed by atoms with Gasteiger partial charge in [-0.25, -0.2) is 4.79 Å². The van der Waals surface area contributed by atoms with E-state index in [2.05, 4.69) is 27.3 Å². The first-order chi connectivity index (χ1) is 10.7. The number of nitrogens with zero attached hydrogens (tertiary/aromatic N) is 4. The van der Waals surface area contributed by atoms with Gasteiger partial charge in [0.05, 0.1) is 6.67 Å². The van der Waals surface area contributed by atoms with Crippen LogP contribution in [0.15, 0.2) is 17.5 Å². The zero-order valence-corrected chi connectivity index (χ0v) is 13.7. The van der Waals surface area contributed by atoms with Crippen LogP contribution >= 0.6 is 11.3 Å². The first kappa shape index (κ1) is 15.5. The molecule has 0 N–H and O–H groups in total. The lowest BCUT2D eigenvalue weighted by atomic mass is 10.3. The van der Waals surface area contributed by atoms with E-state index in [1.165, 1.54) is 9.78 Å². The highest BCUT2D eigenvalue weighted by Gasteiger charge is 2.35. The highest BCUT2D eigenvalue weighted by atomic mass is 32.1. The van der Waals surface area contributed by atoms with Crippen LogP contribution in [0.4, 0.5) is 4.79 Å². The van der Waals surface area contributed by atoms with E-state index in [4.69, 9.17) is 0 Å². The number of thiophene rings is 1. The van der Waals surface area contributed by atoms with Crippen LogP contribution in [0.25, 0.3) is 0 Å². The van der Waals surface area contributed by atoms with E-state index in [-0.39, 0.29) is 18.5 Å². The zero-order valence-electron chi connectivity index (χ0n) is 12.9. The SMILES string of the molecule is CCN1C(=O)CN(CN2CCN(Cc3cccs3)CC2)C1=O. The van der Waals surface area contributed by atoms with Crippen LogP contribution in [0.2, 0.25) is 0 Å². The molecule has 0 unspecified atom stereocenters. The third-order valence-electron chi connectivity index (χ3n) is 4.24. The Hall–Kier alpha value is -1.44. The van der Waals surface area contributed by atoms with Crippen LogP contribution in [0, 0.1) is 0 Å². The molecule has 7 heteroatoms. The summed E-state index contributed by atoms with van der Waals surface area (Å²) < 4.78 is 0. The second kappa shape index (κ2) is 6.76. The molecule has 1 aromatic rings. The first-order valence-electron chi connectivity index (χ1n) is 7.73. The van der Waals surface area contributed by atoms with Crippen LogP contribution in [0.1, 0.15) is 11.8 Å². The molecule has 2 saturated heterocycles. The van der Waals surface area contributed by atoms with Crippen LogP contribution in [0.5, 0.6) is 0 Å². The lowest BCUT2D eigenvalue weighted by molar-refractivity contribution is -0.125. The molecule has 2 aliphatic rings. The molecule has 6 nitrogen and oxygen atoms in total. The summed E-state index contributed by atoms with van der Waals surface area (Å²) in [6.07, 6.45) is 0. The van der Waals surface area contributed by atoms with Crippen molar-refractivity contribution in [3.63, 3.8) is 0 Å². The number of carbonyl (C=O) groups excluding carboxylic acids is 2. The Morgan fingerprint density at radius 2 is 1.86 bits per heavy atom. The number of imide groups is 1. The van der Waals surface area contributed by atoms with Crippen LogP contribution in [0.3, 0.4) is 0 Å². The van der Waals surface area contributed by atoms with E-state index in [0.29, 0.717) is 13.2 Å². The fourth-order valence-electron chi connectivity index (χ4n) is 2.97. The minimum atomic E-state index is -0.145. The minimum Gasteiger partial charge on any atom is -0.302 e. The van der Waals surface area contributed by atoms with Crippen molar-refractivity contribution in [2.45, 2.75) is 13.5 Å². The van der Waals surface area contributed by atoms with Crippen LogP contribution < -0.4 is 0 Å². The van der Waals surface area contributed by atoms with Crippen LogP contribution in [-0.2, 0) is 11.3 Å². The second-order valence-electron chi connectivity index (χ2n) is 5.73. The van der Waals surface area contributed by atoms with Gasteiger partial charge in [-0.2, -0.15) is 0 Å². The van der Waals surface area contributed by atoms with Gasteiger partial charge in [0, 0.05) is 44.1 Å². The topological polar surface area (TPSA) is 47.1 Å². The Labute approximate surface area is 134 Å². The van der Waals surface area contributed by atoms with Gasteiger partial charge in [-0.3, -0.25) is 19.5 Å². The van der Waals surface area contributed by atoms with Gasteiger partial charge in [0.15, 0.2) is 0 Å². The largest absolute Gasteiger partial charge is 0.328 e. The quantitative estimate of drug-likeness (QED) is 0.762. The number of amides is 3. The molecule has 3 heterocycles. The molecular formula is C15H22N4O2S. The third-order valence-corrected chi connectivity index (χ3v) is 5.10. The summed E-state index contributed by atoms with van der Waals surface area (Å²) in [5.74, 6) is -0.0798. The lowest BCUT2D eigenvalue weighted by Crippen LogP contribution is -2.50. The maximum absolute atomic E-state index is 12.1. The van der Waals surface area contributed by atoms with Crippen molar-refractivity contribution >= 4 is 23.3 Å². The highest BCUT2D eigenvalue weighted by Crippen LogP contribution is 2.15. The maximum atomic E-state index is 12.1. The number of hydrogen-bond acceptors (Lipinski definition) is 5. The maximum Gasteiger partial charge on any atom is 0.328 e. The van der Waals surface area contributed by atoms with Gasteiger partial charge in [0.25, 0.3) is 0 Å². The van der Waals surface area contributed by atoms with E-state index in [0.717, 1.165) is 32.7 Å². The van der Waals surface area contributed by atoms with Crippen molar-refractivity contribution in [3.05, 3.63) is 22.4 Å². The fraction of sp³-hybridized carbons (Fsp3) is 0.600. The van der Waals surface area contributed by atoms with Gasteiger partial charge in [-0.05, 0) is 18.4 Å². The van der Waals surface area contributed by atoms with Gasteiger partial charge in [-0.15, -0.1) is 11.3 Å². The number of hydrogen-bond donors (Lipinski definition) is 0. The monoisotopic (exact) mass is 322 g/mol. The molecule has 1 aromatic heterocycles. The molecule has 120 valence electrons. The van der Waals surface area contributed by atoms with Gasteiger partial charge >= 0.3 is 6.03 Å². The van der Waals surface area contributed by atoms with E-state index in [9.17, 15) is 9.59 Å². The summed E-state index contributed by atoms with van der Waals surface area (Å²) >= 11 is 1.80. The smallest absolute Gasteiger partial charge is 0.302 e. The summed E-state index contributed by atoms with van der Waals surface area (Å²) in [5, 5.41) is 2.11. The first-order valence-corrected chi connectivity index (χ1v) is 8.61. The van der Waals surface area contributed by atoms with Crippen molar-refractivity contribution in [3.8, 4) is 0 Å². The van der Waals surface area contributed by atoms with Crippen LogP contribution in [-0.4, -0.2) is 77.5 Å². The molecule has 2 fully saturated rings. The molecule has 0 aromatic carbocycles. The predicted molar refractivity (Wildman–Crippen MR) is 85.5 cm³/mol. The Balaban J connectivity index is 1.46. The van der Waals surface area contributed by atoms with Crippen molar-refractivity contribution in [1.29, 1.82) is 0 Å². The van der Waals surface area contributed by atoms with E-state index < -0.39 is 0 Å². The normalized spacial score (nSPS) is 21.1. The average Bonchev–Trinajstić information content (AvgIpc) is 3.10. The van der Waals surface area contributed by atoms with Gasteiger partial charge in [0.2, 0.25) is 5.91 Å². The summed E-state index contributed by atoms with van der Waals surface area (Å²) in [6.45, 7) is 7.99. The predicted octanol–water partition coefficient (Wildman–Crippen LogP) is 1.11. The third kappa shape index (κ3) is 3.31. The summed E-state index contributed by atoms with van der Waals surface area (Å²) in [6, 6.07) is 4.12. The molecule has 3 rings (SSSR count). The Morgan fingerprint density at radius 3 is 2.45 bits per heavy atom. The van der Waals surface area contributed by atoms with E-state index in [1.54, 1.807) is 16.2 Å². The molecule has 0 saturated carbocycles. The second-order valence-corrected chi connectivity index (χ2v) is 6.77. The van der Waals surface area contributed by atoms with Gasteiger partial charge < -0.3 is 4.90 Å². The summed E-state index contributed by atoms with van der Waals surface area (Å²) in [4.78, 5) is 32.9. The molecule has 0 spiro atoms. The van der Waals surface area contributed by atoms with Crippen molar-refractivity contribution in [2.75, 3.05) is 45.9 Å². The number of carbonyl (C=O) groups is 2.